The van der Waals surface area contributed by atoms with Crippen molar-refractivity contribution in [1.82, 2.24) is 10.3 Å². The van der Waals surface area contributed by atoms with Gasteiger partial charge in [0.15, 0.2) is 0 Å². The van der Waals surface area contributed by atoms with E-state index in [-0.39, 0.29) is 18.8 Å². The van der Waals surface area contributed by atoms with Gasteiger partial charge in [0.1, 0.15) is 17.4 Å². The van der Waals surface area contributed by atoms with Gasteiger partial charge in [-0.15, -0.1) is 11.3 Å². The summed E-state index contributed by atoms with van der Waals surface area (Å²) in [4.78, 5) is 16.9. The number of alkyl carbamates (subject to hydrolysis) is 1. The Labute approximate surface area is 151 Å². The number of rotatable bonds is 7. The van der Waals surface area contributed by atoms with Crippen LogP contribution in [-0.2, 0) is 11.3 Å². The van der Waals surface area contributed by atoms with Crippen molar-refractivity contribution in [1.29, 1.82) is 0 Å². The largest absolute Gasteiger partial charge is 0.494 e. The molecule has 0 saturated carbocycles. The van der Waals surface area contributed by atoms with Crippen LogP contribution >= 0.6 is 11.3 Å². The SMILES string of the molecule is CC(C)(C)NC(=O)OCc1cnc(-c2ccc(OCCCO)cc2)s1. The van der Waals surface area contributed by atoms with Crippen LogP contribution in [0.2, 0.25) is 0 Å². The number of nitrogens with one attached hydrogen (secondary N) is 1. The van der Waals surface area contributed by atoms with E-state index in [9.17, 15) is 4.79 Å². The summed E-state index contributed by atoms with van der Waals surface area (Å²) in [6.07, 6.45) is 1.89. The van der Waals surface area contributed by atoms with Gasteiger partial charge in [0, 0.05) is 30.3 Å². The number of thiazole rings is 1. The topological polar surface area (TPSA) is 80.7 Å². The second kappa shape index (κ2) is 8.82. The average molecular weight is 364 g/mol. The number of ether oxygens (including phenoxy) is 2. The summed E-state index contributed by atoms with van der Waals surface area (Å²) in [6.45, 7) is 6.51. The highest BCUT2D eigenvalue weighted by molar-refractivity contribution is 7.15. The summed E-state index contributed by atoms with van der Waals surface area (Å²) in [5, 5.41) is 12.4. The van der Waals surface area contributed by atoms with Crippen LogP contribution in [0.4, 0.5) is 4.79 Å². The molecule has 2 N–H and O–H groups in total. The van der Waals surface area contributed by atoms with E-state index in [2.05, 4.69) is 10.3 Å². The van der Waals surface area contributed by atoms with Crippen LogP contribution in [0.1, 0.15) is 32.1 Å². The van der Waals surface area contributed by atoms with Gasteiger partial charge in [-0.1, -0.05) is 0 Å². The Bertz CT molecular complexity index is 677. The Morgan fingerprint density at radius 3 is 2.64 bits per heavy atom. The predicted octanol–water partition coefficient (Wildman–Crippen LogP) is 3.60. The monoisotopic (exact) mass is 364 g/mol. The van der Waals surface area contributed by atoms with Crippen LogP contribution < -0.4 is 10.1 Å². The normalized spacial score (nSPS) is 11.2. The summed E-state index contributed by atoms with van der Waals surface area (Å²) in [5.41, 5.74) is 0.654. The van der Waals surface area contributed by atoms with Gasteiger partial charge in [-0.3, -0.25) is 0 Å². The first-order chi connectivity index (χ1) is 11.9. The maximum atomic E-state index is 11.7. The molecule has 0 radical (unpaired) electrons. The molecule has 7 heteroatoms. The lowest BCUT2D eigenvalue weighted by atomic mass is 10.1. The first kappa shape index (κ1) is 19.2. The lowest BCUT2D eigenvalue weighted by Gasteiger charge is -2.19. The van der Waals surface area contributed by atoms with Crippen LogP contribution in [0, 0.1) is 0 Å². The molecule has 1 aromatic carbocycles. The Morgan fingerprint density at radius 2 is 2.00 bits per heavy atom. The molecule has 2 aromatic rings. The Hall–Kier alpha value is -2.12. The molecule has 2 rings (SSSR count). The van der Waals surface area contributed by atoms with E-state index in [4.69, 9.17) is 14.6 Å². The molecule has 1 amide bonds. The lowest BCUT2D eigenvalue weighted by Crippen LogP contribution is -2.40. The molecule has 0 fully saturated rings. The highest BCUT2D eigenvalue weighted by atomic mass is 32.1. The van der Waals surface area contributed by atoms with Crippen molar-refractivity contribution in [3.8, 4) is 16.3 Å². The summed E-state index contributed by atoms with van der Waals surface area (Å²) in [6, 6.07) is 7.62. The number of hydrogen-bond donors (Lipinski definition) is 2. The van der Waals surface area contributed by atoms with Gasteiger partial charge in [-0.05, 0) is 45.0 Å². The molecule has 0 aliphatic rings. The maximum absolute atomic E-state index is 11.7. The minimum Gasteiger partial charge on any atom is -0.494 e. The molecule has 0 bridgehead atoms. The molecule has 0 aliphatic carbocycles. The van der Waals surface area contributed by atoms with Crippen molar-refractivity contribution in [2.45, 2.75) is 39.3 Å². The Morgan fingerprint density at radius 1 is 1.28 bits per heavy atom. The van der Waals surface area contributed by atoms with Crippen molar-refractivity contribution in [3.63, 3.8) is 0 Å². The van der Waals surface area contributed by atoms with Crippen LogP contribution in [0.5, 0.6) is 5.75 Å². The third-order valence-electron chi connectivity index (χ3n) is 3.05. The van der Waals surface area contributed by atoms with Crippen LogP contribution in [0.3, 0.4) is 0 Å². The zero-order chi connectivity index (χ0) is 18.3. The minimum atomic E-state index is -0.438. The average Bonchev–Trinajstić information content (AvgIpc) is 3.01. The summed E-state index contributed by atoms with van der Waals surface area (Å²) < 4.78 is 10.7. The van der Waals surface area contributed by atoms with Crippen LogP contribution in [-0.4, -0.2) is 34.9 Å². The molecule has 0 atom stereocenters. The fourth-order valence-electron chi connectivity index (χ4n) is 1.93. The Balaban J connectivity index is 1.89. The predicted molar refractivity (Wildman–Crippen MR) is 97.8 cm³/mol. The Kier molecular flexibility index (Phi) is 6.78. The van der Waals surface area contributed by atoms with E-state index in [1.54, 1.807) is 6.20 Å². The third-order valence-corrected chi connectivity index (χ3v) is 4.07. The first-order valence-corrected chi connectivity index (χ1v) is 8.93. The number of nitrogens with zero attached hydrogens (tertiary/aromatic N) is 1. The lowest BCUT2D eigenvalue weighted by molar-refractivity contribution is 0.132. The number of aliphatic hydroxyl groups is 1. The van der Waals surface area contributed by atoms with E-state index >= 15 is 0 Å². The maximum Gasteiger partial charge on any atom is 0.407 e. The number of carbonyl (C=O) groups is 1. The highest BCUT2D eigenvalue weighted by Gasteiger charge is 2.15. The van der Waals surface area contributed by atoms with Crippen molar-refractivity contribution in [2.75, 3.05) is 13.2 Å². The molecule has 1 heterocycles. The van der Waals surface area contributed by atoms with Gasteiger partial charge in [0.05, 0.1) is 11.5 Å². The van der Waals surface area contributed by atoms with Gasteiger partial charge >= 0.3 is 6.09 Å². The fraction of sp³-hybridized carbons (Fsp3) is 0.444. The molecule has 25 heavy (non-hydrogen) atoms. The van der Waals surface area contributed by atoms with E-state index in [0.29, 0.717) is 13.0 Å². The highest BCUT2D eigenvalue weighted by Crippen LogP contribution is 2.27. The van der Waals surface area contributed by atoms with E-state index in [1.165, 1.54) is 11.3 Å². The van der Waals surface area contributed by atoms with Gasteiger partial charge in [0.2, 0.25) is 0 Å². The molecular weight excluding hydrogens is 340 g/mol. The van der Waals surface area contributed by atoms with E-state index in [1.807, 2.05) is 45.0 Å². The second-order valence-corrected chi connectivity index (χ2v) is 7.65. The van der Waals surface area contributed by atoms with Gasteiger partial charge in [0.25, 0.3) is 0 Å². The van der Waals surface area contributed by atoms with Crippen LogP contribution in [0.25, 0.3) is 10.6 Å². The molecule has 0 unspecified atom stereocenters. The zero-order valence-electron chi connectivity index (χ0n) is 14.7. The van der Waals surface area contributed by atoms with Crippen molar-refractivity contribution < 1.29 is 19.4 Å². The van der Waals surface area contributed by atoms with Crippen molar-refractivity contribution in [2.24, 2.45) is 0 Å². The molecule has 0 saturated heterocycles. The van der Waals surface area contributed by atoms with E-state index < -0.39 is 6.09 Å². The molecular formula is C18H24N2O4S. The summed E-state index contributed by atoms with van der Waals surface area (Å²) >= 11 is 1.48. The van der Waals surface area contributed by atoms with Gasteiger partial charge in [-0.25, -0.2) is 9.78 Å². The molecule has 6 nitrogen and oxygen atoms in total. The van der Waals surface area contributed by atoms with E-state index in [0.717, 1.165) is 21.2 Å². The standard InChI is InChI=1S/C18H24N2O4S/c1-18(2,3)20-17(22)24-12-15-11-19-16(25-15)13-5-7-14(8-6-13)23-10-4-9-21/h5-8,11,21H,4,9-10,12H2,1-3H3,(H,20,22). The number of carbonyl (C=O) groups excluding carboxylic acids is 1. The zero-order valence-corrected chi connectivity index (χ0v) is 15.6. The van der Waals surface area contributed by atoms with Crippen molar-refractivity contribution >= 4 is 17.4 Å². The number of amides is 1. The molecule has 1 aromatic heterocycles. The fourth-order valence-corrected chi connectivity index (χ4v) is 2.77. The summed E-state index contributed by atoms with van der Waals surface area (Å²) in [5.74, 6) is 0.760. The van der Waals surface area contributed by atoms with Crippen molar-refractivity contribution in [3.05, 3.63) is 35.3 Å². The third kappa shape index (κ3) is 6.72. The quantitative estimate of drug-likeness (QED) is 0.734. The molecule has 136 valence electrons. The minimum absolute atomic E-state index is 0.121. The first-order valence-electron chi connectivity index (χ1n) is 8.11. The van der Waals surface area contributed by atoms with Crippen LogP contribution in [0.15, 0.2) is 30.5 Å². The number of benzene rings is 1. The number of hydrogen-bond acceptors (Lipinski definition) is 6. The smallest absolute Gasteiger partial charge is 0.407 e. The van der Waals surface area contributed by atoms with Gasteiger partial charge < -0.3 is 19.9 Å². The summed E-state index contributed by atoms with van der Waals surface area (Å²) in [7, 11) is 0. The van der Waals surface area contributed by atoms with Gasteiger partial charge in [-0.2, -0.15) is 0 Å². The number of aliphatic hydroxyl groups excluding tert-OH is 1. The second-order valence-electron chi connectivity index (χ2n) is 6.53. The number of aromatic nitrogens is 1. The molecule has 0 aliphatic heterocycles. The molecule has 0 spiro atoms.